The smallest absolute Gasteiger partial charge is 0.313 e. The molecule has 8 nitrogen and oxygen atoms in total. The number of aliphatic hydroxyl groups is 1. The number of rotatable bonds is 5. The summed E-state index contributed by atoms with van der Waals surface area (Å²) in [6, 6.07) is 4.29. The predicted molar refractivity (Wildman–Crippen MR) is 147 cm³/mol. The second kappa shape index (κ2) is 10.2. The van der Waals surface area contributed by atoms with Gasteiger partial charge in [-0.05, 0) is 56.2 Å². The Hall–Kier alpha value is -2.97. The standard InChI is InChI=1S/C31H40N2O6/c1-6-30-13-8-7-9-16-38-29(37)25(30)24-27(35)33(23(18-34)19(2)3)26-28(36)32(15-10-14-31(24,26)39-30)22-17-20(4)11-12-21(22)5/h8,10-14,17,19,23-26,34H,6-7,9,15-16,18H2,1-5H3/b13-8-/t23-,24-,25-,26?,30+,31-/m0/s1. The van der Waals surface area contributed by atoms with Gasteiger partial charge in [-0.1, -0.05) is 57.2 Å². The maximum Gasteiger partial charge on any atom is 0.313 e. The molecule has 1 aromatic rings. The van der Waals surface area contributed by atoms with E-state index in [9.17, 15) is 19.5 Å². The molecule has 0 saturated carbocycles. The molecule has 0 aromatic heterocycles. The minimum atomic E-state index is -1.38. The third-order valence-corrected chi connectivity index (χ3v) is 9.04. The van der Waals surface area contributed by atoms with Gasteiger partial charge in [0, 0.05) is 12.2 Å². The van der Waals surface area contributed by atoms with Gasteiger partial charge in [0.15, 0.2) is 0 Å². The fraction of sp³-hybridized carbons (Fsp3) is 0.581. The van der Waals surface area contributed by atoms with Crippen LogP contribution in [0, 0.1) is 31.6 Å². The van der Waals surface area contributed by atoms with E-state index in [0.717, 1.165) is 23.2 Å². The van der Waals surface area contributed by atoms with Crippen molar-refractivity contribution < 1.29 is 29.0 Å². The summed E-state index contributed by atoms with van der Waals surface area (Å²) in [5.74, 6) is -3.09. The van der Waals surface area contributed by atoms with Crippen LogP contribution in [0.1, 0.15) is 51.2 Å². The van der Waals surface area contributed by atoms with E-state index in [1.807, 2.05) is 77.1 Å². The Bertz CT molecular complexity index is 1220. The van der Waals surface area contributed by atoms with Gasteiger partial charge < -0.3 is 24.4 Å². The maximum atomic E-state index is 14.7. The fourth-order valence-electron chi connectivity index (χ4n) is 7.02. The van der Waals surface area contributed by atoms with E-state index in [-0.39, 0.29) is 30.9 Å². The first-order chi connectivity index (χ1) is 18.6. The van der Waals surface area contributed by atoms with E-state index in [0.29, 0.717) is 19.4 Å². The molecule has 4 heterocycles. The van der Waals surface area contributed by atoms with Crippen molar-refractivity contribution in [2.75, 3.05) is 24.7 Å². The van der Waals surface area contributed by atoms with Crippen molar-refractivity contribution in [3.63, 3.8) is 0 Å². The zero-order valence-electron chi connectivity index (χ0n) is 23.6. The quantitative estimate of drug-likeness (QED) is 0.457. The number of amides is 2. The first-order valence-electron chi connectivity index (χ1n) is 14.2. The Kier molecular flexibility index (Phi) is 7.22. The number of nitrogens with zero attached hydrogens (tertiary/aromatic N) is 2. The summed E-state index contributed by atoms with van der Waals surface area (Å²) in [5, 5.41) is 10.5. The van der Waals surface area contributed by atoms with Gasteiger partial charge in [0.05, 0.1) is 25.2 Å². The number of likely N-dealkylation sites (tertiary alicyclic amines) is 1. The summed E-state index contributed by atoms with van der Waals surface area (Å²) in [4.78, 5) is 46.1. The predicted octanol–water partition coefficient (Wildman–Crippen LogP) is 3.48. The van der Waals surface area contributed by atoms with Crippen LogP contribution < -0.4 is 4.90 Å². The number of aryl methyl sites for hydroxylation is 2. The van der Waals surface area contributed by atoms with E-state index in [1.54, 1.807) is 4.90 Å². The number of hydrogen-bond acceptors (Lipinski definition) is 6. The van der Waals surface area contributed by atoms with Gasteiger partial charge in [-0.3, -0.25) is 14.4 Å². The SMILES string of the molecule is CC[C@@]12/C=C\CCCOC(=O)[C@@H]1[C@H]1C(=O)N([C@@H](CO)C(C)C)C3C(=O)N(c4cc(C)ccc4C)CC=C[C@@]31O2. The minimum absolute atomic E-state index is 0.132. The number of ether oxygens (including phenoxy) is 2. The number of hydrogen-bond donors (Lipinski definition) is 1. The van der Waals surface area contributed by atoms with Crippen LogP contribution in [0.2, 0.25) is 0 Å². The number of fused-ring (bicyclic) bond motifs is 2. The summed E-state index contributed by atoms with van der Waals surface area (Å²) >= 11 is 0. The second-order valence-corrected chi connectivity index (χ2v) is 11.7. The summed E-state index contributed by atoms with van der Waals surface area (Å²) in [6.07, 6.45) is 9.51. The lowest BCUT2D eigenvalue weighted by atomic mass is 9.73. The molecule has 5 rings (SSSR count). The van der Waals surface area contributed by atoms with Gasteiger partial charge >= 0.3 is 5.97 Å². The third kappa shape index (κ3) is 4.14. The van der Waals surface area contributed by atoms with Crippen molar-refractivity contribution in [3.05, 3.63) is 53.6 Å². The number of anilines is 1. The number of allylic oxidation sites excluding steroid dienone is 1. The van der Waals surface area contributed by atoms with Crippen LogP contribution in [0.15, 0.2) is 42.5 Å². The monoisotopic (exact) mass is 536 g/mol. The van der Waals surface area contributed by atoms with Gasteiger partial charge in [0.1, 0.15) is 23.2 Å². The molecule has 1 unspecified atom stereocenters. The van der Waals surface area contributed by atoms with Crippen LogP contribution in [-0.2, 0) is 23.9 Å². The van der Waals surface area contributed by atoms with Gasteiger partial charge in [-0.25, -0.2) is 0 Å². The molecule has 0 bridgehead atoms. The third-order valence-electron chi connectivity index (χ3n) is 9.04. The molecule has 2 amide bonds. The van der Waals surface area contributed by atoms with Crippen molar-refractivity contribution in [1.29, 1.82) is 0 Å². The number of cyclic esters (lactones) is 1. The molecule has 1 N–H and O–H groups in total. The Morgan fingerprint density at radius 3 is 2.54 bits per heavy atom. The largest absolute Gasteiger partial charge is 0.465 e. The lowest BCUT2D eigenvalue weighted by molar-refractivity contribution is -0.161. The Balaban J connectivity index is 1.72. The van der Waals surface area contributed by atoms with Gasteiger partial charge in [0.25, 0.3) is 5.91 Å². The highest BCUT2D eigenvalue weighted by atomic mass is 16.6. The number of carbonyl (C=O) groups is 3. The molecule has 0 aliphatic carbocycles. The molecule has 0 radical (unpaired) electrons. The van der Waals surface area contributed by atoms with Crippen molar-refractivity contribution in [2.24, 2.45) is 17.8 Å². The molecule has 1 spiro atoms. The average molecular weight is 537 g/mol. The summed E-state index contributed by atoms with van der Waals surface area (Å²) in [6.45, 7) is 9.97. The summed E-state index contributed by atoms with van der Waals surface area (Å²) in [5.41, 5.74) is 0.260. The molecule has 4 aliphatic rings. The molecule has 1 aromatic carbocycles. The molecular weight excluding hydrogens is 496 g/mol. The van der Waals surface area contributed by atoms with Gasteiger partial charge in [0.2, 0.25) is 5.91 Å². The average Bonchev–Trinajstić information content (AvgIpc) is 3.28. The van der Waals surface area contributed by atoms with Crippen LogP contribution in [-0.4, -0.2) is 70.8 Å². The van der Waals surface area contributed by atoms with E-state index < -0.39 is 41.1 Å². The van der Waals surface area contributed by atoms with E-state index >= 15 is 0 Å². The van der Waals surface area contributed by atoms with E-state index in [2.05, 4.69) is 0 Å². The maximum absolute atomic E-state index is 14.7. The molecule has 2 saturated heterocycles. The summed E-state index contributed by atoms with van der Waals surface area (Å²) in [7, 11) is 0. The second-order valence-electron chi connectivity index (χ2n) is 11.7. The fourth-order valence-corrected chi connectivity index (χ4v) is 7.02. The highest BCUT2D eigenvalue weighted by Gasteiger charge is 2.76. The van der Waals surface area contributed by atoms with Gasteiger partial charge in [-0.2, -0.15) is 0 Å². The zero-order valence-corrected chi connectivity index (χ0v) is 23.6. The van der Waals surface area contributed by atoms with Crippen molar-refractivity contribution in [2.45, 2.75) is 77.2 Å². The van der Waals surface area contributed by atoms with Crippen molar-refractivity contribution in [1.82, 2.24) is 4.90 Å². The topological polar surface area (TPSA) is 96.4 Å². The Labute approximate surface area is 230 Å². The van der Waals surface area contributed by atoms with Crippen LogP contribution in [0.4, 0.5) is 5.69 Å². The summed E-state index contributed by atoms with van der Waals surface area (Å²) < 4.78 is 12.7. The van der Waals surface area contributed by atoms with Crippen molar-refractivity contribution >= 4 is 23.5 Å². The van der Waals surface area contributed by atoms with E-state index in [4.69, 9.17) is 9.47 Å². The first-order valence-corrected chi connectivity index (χ1v) is 14.2. The number of aliphatic hydroxyl groups excluding tert-OH is 1. The molecule has 2 fully saturated rings. The molecular formula is C31H40N2O6. The first kappa shape index (κ1) is 27.6. The molecule has 6 atom stereocenters. The lowest BCUT2D eigenvalue weighted by Gasteiger charge is -2.42. The molecule has 8 heteroatoms. The Morgan fingerprint density at radius 1 is 1.08 bits per heavy atom. The minimum Gasteiger partial charge on any atom is -0.465 e. The van der Waals surface area contributed by atoms with Crippen molar-refractivity contribution in [3.8, 4) is 0 Å². The number of carbonyl (C=O) groups excluding carboxylic acids is 3. The number of benzene rings is 1. The zero-order chi connectivity index (χ0) is 28.1. The van der Waals surface area contributed by atoms with E-state index in [1.165, 1.54) is 4.90 Å². The van der Waals surface area contributed by atoms with Gasteiger partial charge in [-0.15, -0.1) is 0 Å². The normalized spacial score (nSPS) is 34.0. The molecule has 210 valence electrons. The molecule has 4 aliphatic heterocycles. The van der Waals surface area contributed by atoms with Crippen LogP contribution in [0.5, 0.6) is 0 Å². The molecule has 39 heavy (non-hydrogen) atoms. The number of esters is 1. The Morgan fingerprint density at radius 2 is 1.85 bits per heavy atom. The van der Waals surface area contributed by atoms with Crippen LogP contribution >= 0.6 is 0 Å². The van der Waals surface area contributed by atoms with Crippen LogP contribution in [0.3, 0.4) is 0 Å². The highest BCUT2D eigenvalue weighted by molar-refractivity contribution is 6.06. The highest BCUT2D eigenvalue weighted by Crippen LogP contribution is 2.59. The van der Waals surface area contributed by atoms with Crippen LogP contribution in [0.25, 0.3) is 0 Å². The lowest BCUT2D eigenvalue weighted by Crippen LogP contribution is -2.60.